The Hall–Kier alpha value is -0.0200. The van der Waals surface area contributed by atoms with Gasteiger partial charge in [0.05, 0.1) is 0 Å². The monoisotopic (exact) mass is 164 g/mol. The second-order valence-corrected chi connectivity index (χ2v) is 1.87. The summed E-state index contributed by atoms with van der Waals surface area (Å²) in [5.74, 6) is 0. The van der Waals surface area contributed by atoms with Gasteiger partial charge >= 0.3 is 0 Å². The fourth-order valence-electron chi connectivity index (χ4n) is 0.0430. The van der Waals surface area contributed by atoms with Gasteiger partial charge in [0.2, 0.25) is 0 Å². The first-order valence-corrected chi connectivity index (χ1v) is 4.57. The van der Waals surface area contributed by atoms with Crippen molar-refractivity contribution < 1.29 is 0 Å². The average Bonchev–Trinajstić information content (AvgIpc) is 2.10. The van der Waals surface area contributed by atoms with E-state index < -0.39 is 0 Å². The van der Waals surface area contributed by atoms with Crippen LogP contribution in [0.4, 0.5) is 0 Å². The summed E-state index contributed by atoms with van der Waals surface area (Å²) in [6, 6.07) is 0. The van der Waals surface area contributed by atoms with Crippen LogP contribution >= 0.6 is 11.9 Å². The average molecular weight is 164 g/mol. The molecule has 0 saturated heterocycles. The topological polar surface area (TPSA) is 38.4 Å². The van der Waals surface area contributed by atoms with Gasteiger partial charge in [0.15, 0.2) is 0 Å². The minimum Gasteiger partial charge on any atom is -0.286 e. The molecule has 64 valence electrons. The Balaban J connectivity index is -0.000000105. The van der Waals surface area contributed by atoms with Gasteiger partial charge in [-0.2, -0.15) is 0 Å². The summed E-state index contributed by atoms with van der Waals surface area (Å²) in [6.45, 7) is 13.2. The number of hydrogen-bond acceptors (Lipinski definition) is 3. The second kappa shape index (κ2) is 23.1. The van der Waals surface area contributed by atoms with E-state index in [1.54, 1.807) is 0 Å². The molecular formula is C7H20N2S. The Bertz CT molecular complexity index is 48.9. The largest absolute Gasteiger partial charge is 0.286 e. The van der Waals surface area contributed by atoms with Crippen LogP contribution < -0.4 is 5.14 Å². The van der Waals surface area contributed by atoms with E-state index >= 15 is 0 Å². The highest BCUT2D eigenvalue weighted by atomic mass is 32.2. The maximum atomic E-state index is 5.07. The van der Waals surface area contributed by atoms with Crippen LogP contribution in [0.15, 0.2) is 4.99 Å². The minimum absolute atomic E-state index is 0.144. The Kier molecular flexibility index (Phi) is 38.1. The number of hydrogen-bond donors (Lipinski definition) is 1. The van der Waals surface area contributed by atoms with E-state index in [2.05, 4.69) is 11.7 Å². The van der Waals surface area contributed by atoms with Crippen LogP contribution in [0.3, 0.4) is 0 Å². The summed E-state index contributed by atoms with van der Waals surface area (Å²) in [7, 11) is 0. The lowest BCUT2D eigenvalue weighted by Gasteiger charge is -1.93. The number of aliphatic imine (C=N–C) groups is 1. The first kappa shape index (κ1) is 16.5. The molecule has 10 heavy (non-hydrogen) atoms. The molecule has 3 heteroatoms. The molecular weight excluding hydrogens is 144 g/mol. The minimum atomic E-state index is 0.144. The summed E-state index contributed by atoms with van der Waals surface area (Å²) in [4.78, 5) is 3.59. The van der Waals surface area contributed by atoms with Crippen LogP contribution in [0, 0.1) is 0 Å². The zero-order chi connectivity index (χ0) is 8.99. The third kappa shape index (κ3) is 24.5. The van der Waals surface area contributed by atoms with E-state index in [-0.39, 0.29) is 5.37 Å². The highest BCUT2D eigenvalue weighted by molar-refractivity contribution is 7.97. The van der Waals surface area contributed by atoms with Crippen molar-refractivity contribution in [3.8, 4) is 0 Å². The van der Waals surface area contributed by atoms with Gasteiger partial charge in [-0.1, -0.05) is 39.6 Å². The molecule has 0 radical (unpaired) electrons. The molecule has 0 saturated carbocycles. The van der Waals surface area contributed by atoms with Crippen molar-refractivity contribution in [3.05, 3.63) is 0 Å². The van der Waals surface area contributed by atoms with E-state index in [0.29, 0.717) is 0 Å². The quantitative estimate of drug-likeness (QED) is 0.503. The molecule has 0 aromatic carbocycles. The summed E-state index contributed by atoms with van der Waals surface area (Å²) < 4.78 is 0. The van der Waals surface area contributed by atoms with Gasteiger partial charge in [-0.25, -0.2) is 0 Å². The maximum Gasteiger partial charge on any atom is 0.106 e. The number of nitrogens with zero attached hydrogens (tertiary/aromatic N) is 1. The molecule has 0 rings (SSSR count). The van der Waals surface area contributed by atoms with Crippen molar-refractivity contribution >= 4 is 18.7 Å². The lowest BCUT2D eigenvalue weighted by Crippen LogP contribution is -1.92. The SMILES string of the molecule is C=NC(C)SN.CC.CC. The summed E-state index contributed by atoms with van der Waals surface area (Å²) in [6.07, 6.45) is 0. The molecule has 0 heterocycles. The van der Waals surface area contributed by atoms with Crippen LogP contribution in [-0.2, 0) is 0 Å². The first-order chi connectivity index (χ1) is 4.81. The maximum absolute atomic E-state index is 5.07. The molecule has 0 fully saturated rings. The Morgan fingerprint density at radius 3 is 1.60 bits per heavy atom. The van der Waals surface area contributed by atoms with Crippen molar-refractivity contribution in [3.63, 3.8) is 0 Å². The predicted molar refractivity (Wildman–Crippen MR) is 53.5 cm³/mol. The van der Waals surface area contributed by atoms with Gasteiger partial charge in [0.25, 0.3) is 0 Å². The first-order valence-electron chi connectivity index (χ1n) is 3.62. The van der Waals surface area contributed by atoms with Crippen LogP contribution in [0.2, 0.25) is 0 Å². The molecule has 0 bridgehead atoms. The molecule has 0 aromatic rings. The Labute approximate surface area is 69.4 Å². The van der Waals surface area contributed by atoms with Crippen LogP contribution in [0.5, 0.6) is 0 Å². The van der Waals surface area contributed by atoms with Crippen molar-refractivity contribution in [2.24, 2.45) is 10.1 Å². The third-order valence-corrected chi connectivity index (χ3v) is 0.997. The van der Waals surface area contributed by atoms with Crippen molar-refractivity contribution in [1.29, 1.82) is 0 Å². The number of rotatable bonds is 2. The molecule has 2 N–H and O–H groups in total. The van der Waals surface area contributed by atoms with Gasteiger partial charge in [0, 0.05) is 0 Å². The zero-order valence-corrected chi connectivity index (χ0v) is 8.53. The van der Waals surface area contributed by atoms with Gasteiger partial charge < -0.3 is 0 Å². The molecule has 0 aliphatic carbocycles. The van der Waals surface area contributed by atoms with Crippen LogP contribution in [-0.4, -0.2) is 12.1 Å². The van der Waals surface area contributed by atoms with Gasteiger partial charge in [-0.3, -0.25) is 10.1 Å². The molecule has 0 amide bonds. The van der Waals surface area contributed by atoms with E-state index in [0.717, 1.165) is 0 Å². The van der Waals surface area contributed by atoms with Gasteiger partial charge in [-0.15, -0.1) is 0 Å². The Morgan fingerprint density at radius 2 is 1.60 bits per heavy atom. The zero-order valence-electron chi connectivity index (χ0n) is 7.72. The molecule has 0 aliphatic rings. The van der Waals surface area contributed by atoms with Crippen molar-refractivity contribution in [2.75, 3.05) is 0 Å². The number of nitrogens with two attached hydrogens (primary N) is 1. The molecule has 1 atom stereocenters. The molecule has 0 spiro atoms. The van der Waals surface area contributed by atoms with E-state index in [1.807, 2.05) is 34.6 Å². The van der Waals surface area contributed by atoms with Crippen LogP contribution in [0.1, 0.15) is 34.6 Å². The standard InChI is InChI=1S/C3H8N2S.2C2H6/c1-3(5-2)6-4;2*1-2/h3H,2,4H2,1H3;2*1-2H3. The fourth-order valence-corrected chi connectivity index (χ4v) is 0.129. The lowest BCUT2D eigenvalue weighted by molar-refractivity contribution is 1.06. The van der Waals surface area contributed by atoms with E-state index in [9.17, 15) is 0 Å². The highest BCUT2D eigenvalue weighted by Crippen LogP contribution is 1.98. The van der Waals surface area contributed by atoms with Gasteiger partial charge in [-0.05, 0) is 13.6 Å². The smallest absolute Gasteiger partial charge is 0.106 e. The van der Waals surface area contributed by atoms with Crippen molar-refractivity contribution in [2.45, 2.75) is 40.0 Å². The molecule has 0 aromatic heterocycles. The Morgan fingerprint density at radius 1 is 1.30 bits per heavy atom. The third-order valence-electron chi connectivity index (χ3n) is 0.454. The highest BCUT2D eigenvalue weighted by Gasteiger charge is 1.86. The van der Waals surface area contributed by atoms with E-state index in [4.69, 9.17) is 5.14 Å². The normalized spacial score (nSPS) is 9.40. The second-order valence-electron chi connectivity index (χ2n) is 0.918. The van der Waals surface area contributed by atoms with Crippen LogP contribution in [0.25, 0.3) is 0 Å². The summed E-state index contributed by atoms with van der Waals surface area (Å²) >= 11 is 1.20. The molecule has 1 unspecified atom stereocenters. The predicted octanol–water partition coefficient (Wildman–Crippen LogP) is 2.69. The fraction of sp³-hybridized carbons (Fsp3) is 0.857. The lowest BCUT2D eigenvalue weighted by atomic mass is 10.8. The van der Waals surface area contributed by atoms with Crippen molar-refractivity contribution in [1.82, 2.24) is 0 Å². The summed E-state index contributed by atoms with van der Waals surface area (Å²) in [5, 5.41) is 5.21. The van der Waals surface area contributed by atoms with Gasteiger partial charge in [0.1, 0.15) is 5.37 Å². The molecule has 0 aliphatic heterocycles. The summed E-state index contributed by atoms with van der Waals surface area (Å²) in [5.41, 5.74) is 0. The van der Waals surface area contributed by atoms with E-state index in [1.165, 1.54) is 11.9 Å². The molecule has 2 nitrogen and oxygen atoms in total.